The van der Waals surface area contributed by atoms with E-state index < -0.39 is 15.6 Å². The number of sulfonamides is 1. The molecule has 7 nitrogen and oxygen atoms in total. The van der Waals surface area contributed by atoms with Crippen LogP contribution in [0, 0.1) is 0 Å². The summed E-state index contributed by atoms with van der Waals surface area (Å²) in [6.07, 6.45) is 0. The molecule has 152 valence electrons. The number of benzene rings is 2. The van der Waals surface area contributed by atoms with Crippen molar-refractivity contribution in [2.75, 3.05) is 24.9 Å². The third-order valence-electron chi connectivity index (χ3n) is 3.52. The molecule has 0 fully saturated rings. The zero-order valence-electron chi connectivity index (χ0n) is 16.5. The molecule has 28 heavy (non-hydrogen) atoms. The van der Waals surface area contributed by atoms with Gasteiger partial charge in [0, 0.05) is 17.3 Å². The third kappa shape index (κ3) is 6.08. The first-order valence-corrected chi connectivity index (χ1v) is 10.4. The quantitative estimate of drug-likeness (QED) is 0.612. The van der Waals surface area contributed by atoms with Crippen LogP contribution in [-0.2, 0) is 10.0 Å². The first-order valence-electron chi connectivity index (χ1n) is 8.48. The van der Waals surface area contributed by atoms with Crippen molar-refractivity contribution in [3.63, 3.8) is 0 Å². The van der Waals surface area contributed by atoms with Crippen molar-refractivity contribution in [2.45, 2.75) is 31.2 Å². The van der Waals surface area contributed by atoms with Crippen molar-refractivity contribution in [3.05, 3.63) is 42.5 Å². The standard InChI is InChI=1S/C19H25N3O4S2/c1-19(2,3)22-28(23,24)15-9-6-13(7-10-15)20-18(27)21-16-12-14(25-4)8-11-17(16)26-5/h6-12,22H,1-5H3,(H2,20,21,27). The van der Waals surface area contributed by atoms with Crippen LogP contribution in [0.5, 0.6) is 11.5 Å². The molecular weight excluding hydrogens is 398 g/mol. The lowest BCUT2D eigenvalue weighted by atomic mass is 10.1. The average molecular weight is 424 g/mol. The molecule has 2 aromatic carbocycles. The number of thiocarbonyl (C=S) groups is 1. The van der Waals surface area contributed by atoms with Crippen LogP contribution in [0.15, 0.2) is 47.4 Å². The maximum Gasteiger partial charge on any atom is 0.241 e. The van der Waals surface area contributed by atoms with Gasteiger partial charge in [0.25, 0.3) is 0 Å². The van der Waals surface area contributed by atoms with E-state index in [1.54, 1.807) is 65.3 Å². The minimum absolute atomic E-state index is 0.182. The van der Waals surface area contributed by atoms with Crippen molar-refractivity contribution in [2.24, 2.45) is 0 Å². The molecule has 0 heterocycles. The Hall–Kier alpha value is -2.36. The molecule has 2 aromatic rings. The predicted molar refractivity (Wildman–Crippen MR) is 116 cm³/mol. The summed E-state index contributed by atoms with van der Waals surface area (Å²) in [5.74, 6) is 1.27. The van der Waals surface area contributed by atoms with Crippen LogP contribution in [0.4, 0.5) is 11.4 Å². The average Bonchev–Trinajstić information content (AvgIpc) is 2.60. The van der Waals surface area contributed by atoms with E-state index in [4.69, 9.17) is 21.7 Å². The minimum atomic E-state index is -3.59. The summed E-state index contributed by atoms with van der Waals surface area (Å²) in [5, 5.41) is 6.39. The number of hydrogen-bond acceptors (Lipinski definition) is 5. The van der Waals surface area contributed by atoms with Gasteiger partial charge < -0.3 is 20.1 Å². The lowest BCUT2D eigenvalue weighted by molar-refractivity contribution is 0.405. The zero-order chi connectivity index (χ0) is 20.9. The van der Waals surface area contributed by atoms with E-state index in [-0.39, 0.29) is 4.90 Å². The minimum Gasteiger partial charge on any atom is -0.497 e. The second kappa shape index (κ2) is 8.76. The molecule has 0 spiro atoms. The highest BCUT2D eigenvalue weighted by molar-refractivity contribution is 7.89. The van der Waals surface area contributed by atoms with Crippen LogP contribution in [0.1, 0.15) is 20.8 Å². The van der Waals surface area contributed by atoms with Gasteiger partial charge in [0.2, 0.25) is 10.0 Å². The third-order valence-corrected chi connectivity index (χ3v) is 5.50. The smallest absolute Gasteiger partial charge is 0.241 e. The molecule has 9 heteroatoms. The van der Waals surface area contributed by atoms with Crippen LogP contribution < -0.4 is 24.8 Å². The fourth-order valence-corrected chi connectivity index (χ4v) is 4.02. The monoisotopic (exact) mass is 423 g/mol. The Bertz CT molecular complexity index is 937. The summed E-state index contributed by atoms with van der Waals surface area (Å²) >= 11 is 5.33. The van der Waals surface area contributed by atoms with E-state index in [2.05, 4.69) is 15.4 Å². The predicted octanol–water partition coefficient (Wildman–Crippen LogP) is 3.59. The number of hydrogen-bond donors (Lipinski definition) is 3. The van der Waals surface area contributed by atoms with Crippen molar-refractivity contribution >= 4 is 38.7 Å². The summed E-state index contributed by atoms with van der Waals surface area (Å²) in [4.78, 5) is 0.182. The van der Waals surface area contributed by atoms with Crippen molar-refractivity contribution in [3.8, 4) is 11.5 Å². The molecule has 0 aliphatic carbocycles. The van der Waals surface area contributed by atoms with Crippen LogP contribution in [0.3, 0.4) is 0 Å². The van der Waals surface area contributed by atoms with Crippen LogP contribution >= 0.6 is 12.2 Å². The van der Waals surface area contributed by atoms with Gasteiger partial charge in [-0.3, -0.25) is 0 Å². The largest absolute Gasteiger partial charge is 0.497 e. The fraction of sp³-hybridized carbons (Fsp3) is 0.316. The Labute approximate surface area is 171 Å². The van der Waals surface area contributed by atoms with Crippen molar-refractivity contribution < 1.29 is 17.9 Å². The van der Waals surface area contributed by atoms with Gasteiger partial charge in [-0.05, 0) is 69.4 Å². The lowest BCUT2D eigenvalue weighted by Crippen LogP contribution is -2.40. The second-order valence-electron chi connectivity index (χ2n) is 7.03. The summed E-state index contributed by atoms with van der Waals surface area (Å²) < 4.78 is 37.9. The number of ether oxygens (including phenoxy) is 2. The van der Waals surface area contributed by atoms with E-state index in [1.807, 2.05) is 0 Å². The lowest BCUT2D eigenvalue weighted by Gasteiger charge is -2.20. The maximum absolute atomic E-state index is 12.4. The van der Waals surface area contributed by atoms with Crippen LogP contribution in [0.2, 0.25) is 0 Å². The molecule has 2 rings (SSSR count). The van der Waals surface area contributed by atoms with Gasteiger partial charge in [-0.1, -0.05) is 0 Å². The van der Waals surface area contributed by atoms with Crippen molar-refractivity contribution in [1.82, 2.24) is 4.72 Å². The van der Waals surface area contributed by atoms with E-state index in [0.717, 1.165) is 0 Å². The molecule has 0 atom stereocenters. The number of nitrogens with one attached hydrogen (secondary N) is 3. The van der Waals surface area contributed by atoms with Gasteiger partial charge >= 0.3 is 0 Å². The van der Waals surface area contributed by atoms with Crippen molar-refractivity contribution in [1.29, 1.82) is 0 Å². The summed E-state index contributed by atoms with van der Waals surface area (Å²) in [7, 11) is -0.446. The fourth-order valence-electron chi connectivity index (χ4n) is 2.38. The topological polar surface area (TPSA) is 88.7 Å². The summed E-state index contributed by atoms with van der Waals surface area (Å²) in [5.41, 5.74) is 0.735. The Morgan fingerprint density at radius 3 is 2.14 bits per heavy atom. The summed E-state index contributed by atoms with van der Waals surface area (Å²) in [6, 6.07) is 11.6. The number of rotatable bonds is 6. The molecule has 0 amide bonds. The highest BCUT2D eigenvalue weighted by atomic mass is 32.2. The Balaban J connectivity index is 2.09. The second-order valence-corrected chi connectivity index (χ2v) is 9.12. The van der Waals surface area contributed by atoms with Gasteiger partial charge in [-0.25, -0.2) is 13.1 Å². The first-order chi connectivity index (χ1) is 13.0. The Morgan fingerprint density at radius 2 is 1.61 bits per heavy atom. The van der Waals surface area contributed by atoms with Gasteiger partial charge in [-0.15, -0.1) is 0 Å². The van der Waals surface area contributed by atoms with E-state index in [1.165, 1.54) is 12.1 Å². The van der Waals surface area contributed by atoms with Gasteiger partial charge in [-0.2, -0.15) is 0 Å². The highest BCUT2D eigenvalue weighted by Crippen LogP contribution is 2.29. The van der Waals surface area contributed by atoms with E-state index in [9.17, 15) is 8.42 Å². The Morgan fingerprint density at radius 1 is 0.964 bits per heavy atom. The molecule has 0 saturated heterocycles. The molecule has 3 N–H and O–H groups in total. The normalized spacial score (nSPS) is 11.6. The summed E-state index contributed by atoms with van der Waals surface area (Å²) in [6.45, 7) is 5.37. The van der Waals surface area contributed by atoms with E-state index in [0.29, 0.717) is 28.0 Å². The molecule has 0 radical (unpaired) electrons. The Kier molecular flexibility index (Phi) is 6.87. The molecule has 0 aromatic heterocycles. The first kappa shape index (κ1) is 21.9. The molecular formula is C19H25N3O4S2. The van der Waals surface area contributed by atoms with Gasteiger partial charge in [0.1, 0.15) is 11.5 Å². The number of methoxy groups -OCH3 is 2. The van der Waals surface area contributed by atoms with Gasteiger partial charge in [0.15, 0.2) is 5.11 Å². The van der Waals surface area contributed by atoms with Gasteiger partial charge in [0.05, 0.1) is 24.8 Å². The molecule has 0 bridgehead atoms. The molecule has 0 saturated carbocycles. The maximum atomic E-state index is 12.4. The molecule has 0 aliphatic heterocycles. The highest BCUT2D eigenvalue weighted by Gasteiger charge is 2.21. The van der Waals surface area contributed by atoms with Crippen LogP contribution in [0.25, 0.3) is 0 Å². The van der Waals surface area contributed by atoms with Crippen LogP contribution in [-0.4, -0.2) is 33.3 Å². The SMILES string of the molecule is COc1ccc(OC)c(NC(=S)Nc2ccc(S(=O)(=O)NC(C)(C)C)cc2)c1. The zero-order valence-corrected chi connectivity index (χ0v) is 18.1. The molecule has 0 unspecified atom stereocenters. The molecule has 0 aliphatic rings. The number of anilines is 2. The van der Waals surface area contributed by atoms with E-state index >= 15 is 0 Å².